The number of carboxylic acids is 3. The second-order valence-electron chi connectivity index (χ2n) is 8.69. The molecule has 37 heavy (non-hydrogen) atoms. The van der Waals surface area contributed by atoms with Gasteiger partial charge in [0.15, 0.2) is 0 Å². The molecule has 0 radical (unpaired) electrons. The van der Waals surface area contributed by atoms with Crippen LogP contribution >= 0.6 is 0 Å². The molecule has 9 N–H and O–H groups in total. The Labute approximate surface area is 212 Å². The number of aromatic hydroxyl groups is 1. The van der Waals surface area contributed by atoms with Crippen LogP contribution in [0, 0.1) is 5.92 Å². The van der Waals surface area contributed by atoms with Gasteiger partial charge in [0.2, 0.25) is 17.7 Å². The summed E-state index contributed by atoms with van der Waals surface area (Å²) < 4.78 is 0. The second-order valence-corrected chi connectivity index (χ2v) is 8.69. The predicted molar refractivity (Wildman–Crippen MR) is 127 cm³/mol. The maximum Gasteiger partial charge on any atom is 0.326 e. The molecule has 1 rings (SSSR count). The monoisotopic (exact) mass is 524 g/mol. The highest BCUT2D eigenvalue weighted by Crippen LogP contribution is 2.12. The summed E-state index contributed by atoms with van der Waals surface area (Å²) in [6.45, 7) is 3.39. The summed E-state index contributed by atoms with van der Waals surface area (Å²) in [4.78, 5) is 71.7. The van der Waals surface area contributed by atoms with Gasteiger partial charge in [0.1, 0.15) is 23.9 Å². The van der Waals surface area contributed by atoms with E-state index in [-0.39, 0.29) is 18.1 Å². The largest absolute Gasteiger partial charge is 0.508 e. The molecule has 0 heterocycles. The van der Waals surface area contributed by atoms with Gasteiger partial charge in [-0.2, -0.15) is 0 Å². The van der Waals surface area contributed by atoms with Crippen LogP contribution in [0.1, 0.15) is 38.7 Å². The van der Waals surface area contributed by atoms with E-state index in [1.54, 1.807) is 13.8 Å². The SMILES string of the molecule is CC(C)C(N)C(=O)NC(Cc1ccc(O)cc1)C(=O)NC(CCC(=O)O)C(=O)NC(CC(=O)O)C(=O)O. The lowest BCUT2D eigenvalue weighted by molar-refractivity contribution is -0.147. The lowest BCUT2D eigenvalue weighted by Gasteiger charge is -2.25. The molecule has 3 amide bonds. The number of nitrogens with two attached hydrogens (primary N) is 1. The number of rotatable bonds is 15. The Hall–Kier alpha value is -4.20. The number of phenolic OH excluding ortho intramolecular Hbond substituents is 1. The van der Waals surface area contributed by atoms with E-state index < -0.39 is 79.1 Å². The number of aliphatic carboxylic acids is 3. The van der Waals surface area contributed by atoms with Gasteiger partial charge in [-0.15, -0.1) is 0 Å². The highest BCUT2D eigenvalue weighted by molar-refractivity contribution is 5.95. The highest BCUT2D eigenvalue weighted by atomic mass is 16.4. The van der Waals surface area contributed by atoms with Crippen LogP contribution in [0.3, 0.4) is 0 Å². The van der Waals surface area contributed by atoms with E-state index in [2.05, 4.69) is 10.6 Å². The third-order valence-corrected chi connectivity index (χ3v) is 5.30. The number of amides is 3. The maximum absolute atomic E-state index is 13.1. The molecule has 0 aliphatic heterocycles. The number of carbonyl (C=O) groups excluding carboxylic acids is 3. The van der Waals surface area contributed by atoms with Crippen molar-refractivity contribution in [3.8, 4) is 5.75 Å². The van der Waals surface area contributed by atoms with Crippen LogP contribution < -0.4 is 21.7 Å². The Balaban J connectivity index is 3.18. The van der Waals surface area contributed by atoms with E-state index >= 15 is 0 Å². The van der Waals surface area contributed by atoms with Crippen molar-refractivity contribution in [1.82, 2.24) is 16.0 Å². The van der Waals surface area contributed by atoms with E-state index in [4.69, 9.17) is 15.9 Å². The Morgan fingerprint density at radius 2 is 1.30 bits per heavy atom. The lowest BCUT2D eigenvalue weighted by Crippen LogP contribution is -2.58. The fraction of sp³-hybridized carbons (Fsp3) is 0.478. The Morgan fingerprint density at radius 1 is 0.784 bits per heavy atom. The van der Waals surface area contributed by atoms with Gasteiger partial charge in [0, 0.05) is 12.8 Å². The van der Waals surface area contributed by atoms with Crippen LogP contribution in [0.5, 0.6) is 5.75 Å². The predicted octanol–water partition coefficient (Wildman–Crippen LogP) is -1.20. The van der Waals surface area contributed by atoms with Crippen molar-refractivity contribution in [3.05, 3.63) is 29.8 Å². The average Bonchev–Trinajstić information content (AvgIpc) is 2.80. The van der Waals surface area contributed by atoms with Gasteiger partial charge in [-0.1, -0.05) is 26.0 Å². The maximum atomic E-state index is 13.1. The van der Waals surface area contributed by atoms with Crippen LogP contribution in [0.15, 0.2) is 24.3 Å². The van der Waals surface area contributed by atoms with Crippen LogP contribution in [0.4, 0.5) is 0 Å². The van der Waals surface area contributed by atoms with Crippen molar-refractivity contribution in [2.45, 2.75) is 63.7 Å². The standard InChI is InChI=1S/C23H32N4O10/c1-11(2)19(24)22(35)26-15(9-12-3-5-13(28)6-4-12)21(34)25-14(7-8-17(29)30)20(33)27-16(23(36)37)10-18(31)32/h3-6,11,14-16,19,28H,7-10,24H2,1-2H3,(H,25,34)(H,26,35)(H,27,33)(H,29,30)(H,31,32)(H,36,37). The van der Waals surface area contributed by atoms with Crippen LogP contribution in [0.25, 0.3) is 0 Å². The zero-order valence-corrected chi connectivity index (χ0v) is 20.3. The second kappa shape index (κ2) is 14.4. The number of hydrogen-bond donors (Lipinski definition) is 8. The van der Waals surface area contributed by atoms with Crippen LogP contribution in [-0.2, 0) is 35.2 Å². The van der Waals surface area contributed by atoms with Crippen molar-refractivity contribution < 1.29 is 49.2 Å². The number of hydrogen-bond acceptors (Lipinski definition) is 8. The van der Waals surface area contributed by atoms with Crippen molar-refractivity contribution in [2.75, 3.05) is 0 Å². The molecular formula is C23H32N4O10. The van der Waals surface area contributed by atoms with Crippen LogP contribution in [-0.4, -0.2) is 80.2 Å². The Bertz CT molecular complexity index is 996. The molecule has 14 nitrogen and oxygen atoms in total. The summed E-state index contributed by atoms with van der Waals surface area (Å²) in [5.41, 5.74) is 6.39. The number of benzene rings is 1. The first-order valence-corrected chi connectivity index (χ1v) is 11.3. The summed E-state index contributed by atoms with van der Waals surface area (Å²) in [5, 5.41) is 43.4. The van der Waals surface area contributed by atoms with E-state index in [0.717, 1.165) is 0 Å². The third-order valence-electron chi connectivity index (χ3n) is 5.30. The minimum atomic E-state index is -1.83. The number of nitrogens with one attached hydrogen (secondary N) is 3. The molecule has 1 aromatic rings. The molecule has 0 aliphatic rings. The van der Waals surface area contributed by atoms with Crippen molar-refractivity contribution in [2.24, 2.45) is 11.7 Å². The van der Waals surface area contributed by atoms with Gasteiger partial charge in [0.25, 0.3) is 0 Å². The first-order chi connectivity index (χ1) is 17.2. The fourth-order valence-electron chi connectivity index (χ4n) is 3.10. The lowest BCUT2D eigenvalue weighted by atomic mass is 10.0. The summed E-state index contributed by atoms with van der Waals surface area (Å²) >= 11 is 0. The molecule has 0 bridgehead atoms. The first kappa shape index (κ1) is 30.8. The highest BCUT2D eigenvalue weighted by Gasteiger charge is 2.32. The van der Waals surface area contributed by atoms with Crippen molar-refractivity contribution in [1.29, 1.82) is 0 Å². The average molecular weight is 525 g/mol. The summed E-state index contributed by atoms with van der Waals surface area (Å²) in [5.74, 6) is -7.41. The third kappa shape index (κ3) is 10.9. The van der Waals surface area contributed by atoms with E-state index in [1.807, 2.05) is 5.32 Å². The molecule has 0 spiro atoms. The summed E-state index contributed by atoms with van der Waals surface area (Å²) in [6, 6.07) is 0.102. The zero-order valence-electron chi connectivity index (χ0n) is 20.3. The molecule has 0 saturated heterocycles. The topological polar surface area (TPSA) is 245 Å². The van der Waals surface area contributed by atoms with Gasteiger partial charge in [-0.25, -0.2) is 4.79 Å². The fourth-order valence-corrected chi connectivity index (χ4v) is 3.10. The minimum Gasteiger partial charge on any atom is -0.508 e. The van der Waals surface area contributed by atoms with E-state index in [9.17, 15) is 39.0 Å². The van der Waals surface area contributed by atoms with Gasteiger partial charge < -0.3 is 42.1 Å². The van der Waals surface area contributed by atoms with Gasteiger partial charge in [-0.3, -0.25) is 24.0 Å². The van der Waals surface area contributed by atoms with Crippen LogP contribution in [0.2, 0.25) is 0 Å². The Morgan fingerprint density at radius 3 is 1.78 bits per heavy atom. The van der Waals surface area contributed by atoms with Crippen molar-refractivity contribution in [3.63, 3.8) is 0 Å². The number of carbonyl (C=O) groups is 6. The zero-order chi connectivity index (χ0) is 28.3. The molecule has 204 valence electrons. The molecule has 4 unspecified atom stereocenters. The van der Waals surface area contributed by atoms with E-state index in [1.165, 1.54) is 24.3 Å². The van der Waals surface area contributed by atoms with Gasteiger partial charge in [0.05, 0.1) is 12.5 Å². The Kier molecular flexibility index (Phi) is 12.0. The quantitative estimate of drug-likeness (QED) is 0.135. The number of phenols is 1. The molecule has 0 aliphatic carbocycles. The number of carboxylic acid groups (broad SMARTS) is 3. The molecule has 4 atom stereocenters. The van der Waals surface area contributed by atoms with Gasteiger partial charge >= 0.3 is 17.9 Å². The summed E-state index contributed by atoms with van der Waals surface area (Å²) in [7, 11) is 0. The molecule has 0 aromatic heterocycles. The normalized spacial score (nSPS) is 14.1. The van der Waals surface area contributed by atoms with Gasteiger partial charge in [-0.05, 0) is 30.0 Å². The minimum absolute atomic E-state index is 0.0321. The van der Waals surface area contributed by atoms with E-state index in [0.29, 0.717) is 5.56 Å². The smallest absolute Gasteiger partial charge is 0.326 e. The molecule has 0 fully saturated rings. The molecule has 14 heteroatoms. The molecule has 1 aromatic carbocycles. The first-order valence-electron chi connectivity index (χ1n) is 11.3. The molecular weight excluding hydrogens is 492 g/mol. The van der Waals surface area contributed by atoms with Crippen molar-refractivity contribution >= 4 is 35.6 Å². The summed E-state index contributed by atoms with van der Waals surface area (Å²) in [6.07, 6.45) is -2.07. The molecule has 0 saturated carbocycles.